The maximum absolute atomic E-state index is 12.9. The van der Waals surface area contributed by atoms with Crippen LogP contribution in [0.3, 0.4) is 0 Å². The maximum atomic E-state index is 12.9. The van der Waals surface area contributed by atoms with E-state index in [1.165, 1.54) is 161 Å². The van der Waals surface area contributed by atoms with E-state index in [1.807, 2.05) is 0 Å². The fourth-order valence-corrected chi connectivity index (χ4v) is 8.36. The summed E-state index contributed by atoms with van der Waals surface area (Å²) in [6.45, 7) is 6.58. The number of carbonyl (C=O) groups is 3. The number of hydrogen-bond donors (Lipinski definition) is 0. The zero-order valence-corrected chi connectivity index (χ0v) is 46.3. The first-order valence-corrected chi connectivity index (χ1v) is 29.9. The number of carbonyl (C=O) groups excluding carboxylic acids is 3. The van der Waals surface area contributed by atoms with Crippen molar-refractivity contribution in [2.24, 2.45) is 0 Å². The molecule has 0 unspecified atom stereocenters. The number of unbranched alkanes of at least 4 members (excludes halogenated alkanes) is 31. The van der Waals surface area contributed by atoms with E-state index in [4.69, 9.17) is 14.2 Å². The summed E-state index contributed by atoms with van der Waals surface area (Å²) >= 11 is 0. The molecule has 0 N–H and O–H groups in total. The van der Waals surface area contributed by atoms with Crippen LogP contribution in [0.2, 0.25) is 0 Å². The van der Waals surface area contributed by atoms with Crippen LogP contribution in [0, 0.1) is 0 Å². The van der Waals surface area contributed by atoms with E-state index in [2.05, 4.69) is 93.7 Å². The van der Waals surface area contributed by atoms with Gasteiger partial charge in [0.25, 0.3) is 0 Å². The van der Waals surface area contributed by atoms with Gasteiger partial charge in [0.1, 0.15) is 13.2 Å². The molecule has 0 aromatic heterocycles. The Hall–Kier alpha value is -3.15. The Morgan fingerprint density at radius 2 is 0.514 bits per heavy atom. The molecule has 6 heteroatoms. The van der Waals surface area contributed by atoms with Crippen molar-refractivity contribution in [1.29, 1.82) is 0 Å². The van der Waals surface area contributed by atoms with E-state index < -0.39 is 6.10 Å². The highest BCUT2D eigenvalue weighted by Gasteiger charge is 2.19. The molecule has 0 rings (SSSR count). The first kappa shape index (κ1) is 66.9. The van der Waals surface area contributed by atoms with E-state index in [0.29, 0.717) is 19.3 Å². The molecule has 70 heavy (non-hydrogen) atoms. The van der Waals surface area contributed by atoms with Gasteiger partial charge in [-0.3, -0.25) is 14.4 Å². The van der Waals surface area contributed by atoms with Crippen molar-refractivity contribution in [3.05, 3.63) is 72.9 Å². The second-order valence-electron chi connectivity index (χ2n) is 19.9. The highest BCUT2D eigenvalue weighted by molar-refractivity contribution is 5.71. The van der Waals surface area contributed by atoms with Gasteiger partial charge in [-0.2, -0.15) is 0 Å². The summed E-state index contributed by atoms with van der Waals surface area (Å²) in [6, 6.07) is 0. The molecule has 1 atom stereocenters. The summed E-state index contributed by atoms with van der Waals surface area (Å²) in [5.74, 6) is -0.900. The molecular formula is C64H112O6. The van der Waals surface area contributed by atoms with Crippen LogP contribution in [0.1, 0.15) is 297 Å². The zero-order chi connectivity index (χ0) is 50.7. The van der Waals surface area contributed by atoms with Crippen molar-refractivity contribution < 1.29 is 28.6 Å². The minimum absolute atomic E-state index is 0.0849. The van der Waals surface area contributed by atoms with E-state index in [-0.39, 0.29) is 31.1 Å². The summed E-state index contributed by atoms with van der Waals surface area (Å²) < 4.78 is 16.9. The zero-order valence-electron chi connectivity index (χ0n) is 46.3. The van der Waals surface area contributed by atoms with Crippen LogP contribution in [0.15, 0.2) is 72.9 Å². The van der Waals surface area contributed by atoms with Gasteiger partial charge in [0.15, 0.2) is 6.10 Å². The average molecular weight is 978 g/mol. The minimum Gasteiger partial charge on any atom is -0.462 e. The largest absolute Gasteiger partial charge is 0.462 e. The molecule has 0 heterocycles. The molecule has 0 aliphatic rings. The molecule has 0 spiro atoms. The average Bonchev–Trinajstić information content (AvgIpc) is 3.36. The third kappa shape index (κ3) is 55.8. The van der Waals surface area contributed by atoms with Crippen LogP contribution >= 0.6 is 0 Å². The Morgan fingerprint density at radius 1 is 0.286 bits per heavy atom. The molecule has 0 saturated heterocycles. The molecule has 0 radical (unpaired) electrons. The van der Waals surface area contributed by atoms with Crippen LogP contribution in [-0.2, 0) is 28.6 Å². The summed E-state index contributed by atoms with van der Waals surface area (Å²) in [5, 5.41) is 0. The maximum Gasteiger partial charge on any atom is 0.306 e. The van der Waals surface area contributed by atoms with Gasteiger partial charge >= 0.3 is 17.9 Å². The normalized spacial score (nSPS) is 12.6. The van der Waals surface area contributed by atoms with Crippen molar-refractivity contribution in [3.63, 3.8) is 0 Å². The van der Waals surface area contributed by atoms with Crippen LogP contribution < -0.4 is 0 Å². The Balaban J connectivity index is 4.40. The quantitative estimate of drug-likeness (QED) is 0.0261. The van der Waals surface area contributed by atoms with E-state index in [9.17, 15) is 14.4 Å². The van der Waals surface area contributed by atoms with Crippen molar-refractivity contribution in [2.75, 3.05) is 13.2 Å². The lowest BCUT2D eigenvalue weighted by Gasteiger charge is -2.18. The van der Waals surface area contributed by atoms with Gasteiger partial charge in [0.05, 0.1) is 0 Å². The Labute approximate surface area is 433 Å². The number of esters is 3. The van der Waals surface area contributed by atoms with Gasteiger partial charge in [-0.1, -0.05) is 235 Å². The molecule has 404 valence electrons. The Morgan fingerprint density at radius 3 is 0.843 bits per heavy atom. The first-order chi connectivity index (χ1) is 34.5. The second-order valence-corrected chi connectivity index (χ2v) is 19.9. The van der Waals surface area contributed by atoms with Gasteiger partial charge in [0.2, 0.25) is 0 Å². The van der Waals surface area contributed by atoms with E-state index in [0.717, 1.165) is 96.3 Å². The molecule has 0 aliphatic heterocycles. The molecule has 0 aliphatic carbocycles. The van der Waals surface area contributed by atoms with E-state index in [1.54, 1.807) is 0 Å². The van der Waals surface area contributed by atoms with Gasteiger partial charge < -0.3 is 14.2 Å². The highest BCUT2D eigenvalue weighted by Crippen LogP contribution is 2.15. The summed E-state index contributed by atoms with van der Waals surface area (Å²) in [4.78, 5) is 38.2. The number of allylic oxidation sites excluding steroid dienone is 12. The van der Waals surface area contributed by atoms with Crippen LogP contribution in [0.25, 0.3) is 0 Å². The summed E-state index contributed by atoms with van der Waals surface area (Å²) in [5.41, 5.74) is 0. The standard InChI is InChI=1S/C64H112O6/c1-4-7-10-13-16-19-22-25-28-30-32-34-36-39-42-45-48-51-54-57-63(66)69-60-61(59-68-62(65)56-53-50-47-44-41-38-27-24-21-18-15-12-9-6-3)70-64(67)58-55-52-49-46-43-40-37-35-33-31-29-26-23-20-17-14-11-8-5-2/h16-17,19-20,24-29,33,35,61H,4-15,18,21-23,30-32,34,36-60H2,1-3H3/b19-16-,20-17-,27-24-,28-25-,29-26-,35-33-/t61-/m1/s1. The summed E-state index contributed by atoms with van der Waals surface area (Å²) in [7, 11) is 0. The van der Waals surface area contributed by atoms with Crippen molar-refractivity contribution in [3.8, 4) is 0 Å². The third-order valence-corrected chi connectivity index (χ3v) is 12.9. The first-order valence-electron chi connectivity index (χ1n) is 29.9. The van der Waals surface area contributed by atoms with Gasteiger partial charge in [0, 0.05) is 19.3 Å². The van der Waals surface area contributed by atoms with Gasteiger partial charge in [-0.15, -0.1) is 0 Å². The predicted octanol–water partition coefficient (Wildman–Crippen LogP) is 20.2. The molecule has 6 nitrogen and oxygen atoms in total. The molecule has 0 saturated carbocycles. The highest BCUT2D eigenvalue weighted by atomic mass is 16.6. The predicted molar refractivity (Wildman–Crippen MR) is 302 cm³/mol. The molecule has 0 fully saturated rings. The lowest BCUT2D eigenvalue weighted by molar-refractivity contribution is -0.167. The summed E-state index contributed by atoms with van der Waals surface area (Å²) in [6.07, 6.45) is 74.6. The Bertz CT molecular complexity index is 1310. The fourth-order valence-electron chi connectivity index (χ4n) is 8.36. The fraction of sp³-hybridized carbons (Fsp3) is 0.766. The van der Waals surface area contributed by atoms with Gasteiger partial charge in [-0.05, 0) is 116 Å². The third-order valence-electron chi connectivity index (χ3n) is 12.9. The molecule has 0 bridgehead atoms. The van der Waals surface area contributed by atoms with Gasteiger partial charge in [-0.25, -0.2) is 0 Å². The molecular weight excluding hydrogens is 865 g/mol. The lowest BCUT2D eigenvalue weighted by atomic mass is 10.1. The van der Waals surface area contributed by atoms with Crippen molar-refractivity contribution in [2.45, 2.75) is 303 Å². The monoisotopic (exact) mass is 977 g/mol. The van der Waals surface area contributed by atoms with Crippen molar-refractivity contribution in [1.82, 2.24) is 0 Å². The van der Waals surface area contributed by atoms with Crippen molar-refractivity contribution >= 4 is 17.9 Å². The molecule has 0 amide bonds. The van der Waals surface area contributed by atoms with Crippen LogP contribution in [-0.4, -0.2) is 37.2 Å². The lowest BCUT2D eigenvalue weighted by Crippen LogP contribution is -2.30. The molecule has 0 aromatic carbocycles. The van der Waals surface area contributed by atoms with Crippen LogP contribution in [0.4, 0.5) is 0 Å². The smallest absolute Gasteiger partial charge is 0.306 e. The number of hydrogen-bond acceptors (Lipinski definition) is 6. The number of rotatable bonds is 54. The second kappa shape index (κ2) is 58.4. The SMILES string of the molecule is CCCCC/C=C\C/C=C\C/C=C\CCCCCCCCC(=O)O[C@H](COC(=O)CCCCCCC/C=C\CCCCCCC)COC(=O)CCCCCCCCCCC/C=C\C/C=C\CCCCC. The number of ether oxygens (including phenoxy) is 3. The van der Waals surface area contributed by atoms with Crippen LogP contribution in [0.5, 0.6) is 0 Å². The van der Waals surface area contributed by atoms with E-state index >= 15 is 0 Å². The minimum atomic E-state index is -0.788. The molecule has 0 aromatic rings. The topological polar surface area (TPSA) is 78.9 Å². The Kier molecular flexibility index (Phi) is 55.8.